The first-order valence-electron chi connectivity index (χ1n) is 8.87. The maximum Gasteiger partial charge on any atom is 0.307 e. The zero-order valence-corrected chi connectivity index (χ0v) is 17.1. The largest absolute Gasteiger partial charge is 0.457 e. The third kappa shape index (κ3) is 5.14. The number of nitro benzene ring substituents is 1. The van der Waals surface area contributed by atoms with Gasteiger partial charge in [0.1, 0.15) is 29.9 Å². The second-order valence-electron chi connectivity index (χ2n) is 6.59. The van der Waals surface area contributed by atoms with Crippen molar-refractivity contribution in [2.45, 2.75) is 19.9 Å². The molecule has 1 heterocycles. The van der Waals surface area contributed by atoms with Crippen molar-refractivity contribution in [2.75, 3.05) is 5.32 Å². The quantitative estimate of drug-likeness (QED) is 0.411. The molecule has 0 saturated heterocycles. The maximum atomic E-state index is 12.6. The molecule has 3 aromatic rings. The van der Waals surface area contributed by atoms with Crippen molar-refractivity contribution in [3.8, 4) is 11.5 Å². The first-order valence-corrected chi connectivity index (χ1v) is 9.24. The highest BCUT2D eigenvalue weighted by molar-refractivity contribution is 6.31. The van der Waals surface area contributed by atoms with Crippen molar-refractivity contribution in [3.05, 3.63) is 79.6 Å². The minimum atomic E-state index is -0.906. The molecule has 0 fully saturated rings. The Balaban J connectivity index is 1.83. The van der Waals surface area contributed by atoms with Crippen LogP contribution in [-0.4, -0.2) is 25.5 Å². The number of aryl methyl sites for hydroxylation is 1. The number of nitro groups is 2. The molecule has 11 nitrogen and oxygen atoms in total. The number of hydrogen-bond acceptors (Lipinski definition) is 7. The molecule has 2 aromatic carbocycles. The van der Waals surface area contributed by atoms with Crippen LogP contribution in [0.2, 0.25) is 5.02 Å². The lowest BCUT2D eigenvalue weighted by molar-refractivity contribution is -0.385. The van der Waals surface area contributed by atoms with E-state index in [9.17, 15) is 25.0 Å². The van der Waals surface area contributed by atoms with Crippen LogP contribution in [0, 0.1) is 27.2 Å². The molecular formula is C19H16ClN5O6. The number of nitrogens with one attached hydrogen (secondary N) is 1. The lowest BCUT2D eigenvalue weighted by atomic mass is 10.2. The number of halogens is 1. The summed E-state index contributed by atoms with van der Waals surface area (Å²) in [6.45, 7) is 3.27. The van der Waals surface area contributed by atoms with E-state index in [-0.39, 0.29) is 22.8 Å². The van der Waals surface area contributed by atoms with E-state index in [1.807, 2.05) is 0 Å². The van der Waals surface area contributed by atoms with E-state index in [4.69, 9.17) is 16.3 Å². The monoisotopic (exact) mass is 445 g/mol. The Labute approximate surface area is 180 Å². The molecule has 0 aliphatic heterocycles. The molecule has 1 N–H and O–H groups in total. The van der Waals surface area contributed by atoms with E-state index in [2.05, 4.69) is 10.4 Å². The van der Waals surface area contributed by atoms with Crippen molar-refractivity contribution in [1.82, 2.24) is 9.78 Å². The second kappa shape index (κ2) is 8.79. The van der Waals surface area contributed by atoms with E-state index >= 15 is 0 Å². The summed E-state index contributed by atoms with van der Waals surface area (Å²) in [6, 6.07) is 7.84. The van der Waals surface area contributed by atoms with Gasteiger partial charge in [-0.15, -0.1) is 0 Å². The van der Waals surface area contributed by atoms with Crippen LogP contribution in [0.3, 0.4) is 0 Å². The number of amides is 1. The molecule has 0 radical (unpaired) electrons. The van der Waals surface area contributed by atoms with E-state index < -0.39 is 21.8 Å². The number of ether oxygens (including phenoxy) is 1. The van der Waals surface area contributed by atoms with Gasteiger partial charge in [0.25, 0.3) is 5.69 Å². The Morgan fingerprint density at radius 2 is 1.84 bits per heavy atom. The minimum Gasteiger partial charge on any atom is -0.457 e. The van der Waals surface area contributed by atoms with Crippen LogP contribution in [0.15, 0.2) is 48.8 Å². The smallest absolute Gasteiger partial charge is 0.307 e. The van der Waals surface area contributed by atoms with E-state index in [1.54, 1.807) is 25.1 Å². The fraction of sp³-hybridized carbons (Fsp3) is 0.158. The first-order chi connectivity index (χ1) is 14.6. The Morgan fingerprint density at radius 1 is 1.13 bits per heavy atom. The van der Waals surface area contributed by atoms with E-state index in [1.165, 1.54) is 25.1 Å². The topological polar surface area (TPSA) is 142 Å². The maximum absolute atomic E-state index is 12.6. The van der Waals surface area contributed by atoms with Crippen molar-refractivity contribution in [2.24, 2.45) is 0 Å². The molecule has 1 atom stereocenters. The zero-order valence-electron chi connectivity index (χ0n) is 16.3. The van der Waals surface area contributed by atoms with Gasteiger partial charge in [-0.25, -0.2) is 0 Å². The summed E-state index contributed by atoms with van der Waals surface area (Å²) in [5, 5.41) is 29.0. The van der Waals surface area contributed by atoms with Gasteiger partial charge in [0.2, 0.25) is 5.91 Å². The van der Waals surface area contributed by atoms with E-state index in [0.717, 1.165) is 22.6 Å². The first kappa shape index (κ1) is 21.7. The number of carbonyl (C=O) groups excluding carboxylic acids is 1. The van der Waals surface area contributed by atoms with Gasteiger partial charge in [-0.1, -0.05) is 11.6 Å². The number of nitrogens with zero attached hydrogens (tertiary/aromatic N) is 4. The summed E-state index contributed by atoms with van der Waals surface area (Å²) in [5.41, 5.74) is 0.332. The van der Waals surface area contributed by atoms with Crippen molar-refractivity contribution in [1.29, 1.82) is 0 Å². The summed E-state index contributed by atoms with van der Waals surface area (Å²) in [4.78, 5) is 33.4. The molecule has 0 aliphatic rings. The number of hydrogen-bond donors (Lipinski definition) is 1. The van der Waals surface area contributed by atoms with Crippen LogP contribution >= 0.6 is 11.6 Å². The van der Waals surface area contributed by atoms with Gasteiger partial charge in [0.15, 0.2) is 0 Å². The lowest BCUT2D eigenvalue weighted by Gasteiger charge is -2.13. The normalized spacial score (nSPS) is 11.6. The predicted molar refractivity (Wildman–Crippen MR) is 112 cm³/mol. The number of non-ortho nitro benzene ring substituents is 1. The van der Waals surface area contributed by atoms with Gasteiger partial charge < -0.3 is 10.1 Å². The summed E-state index contributed by atoms with van der Waals surface area (Å²) >= 11 is 6.00. The van der Waals surface area contributed by atoms with Crippen LogP contribution in [0.25, 0.3) is 0 Å². The predicted octanol–water partition coefficient (Wildman–Crippen LogP) is 4.65. The molecule has 0 saturated carbocycles. The molecule has 160 valence electrons. The highest BCUT2D eigenvalue weighted by Gasteiger charge is 2.21. The average molecular weight is 446 g/mol. The zero-order chi connectivity index (χ0) is 22.7. The molecule has 0 bridgehead atoms. The third-order valence-corrected chi connectivity index (χ3v) is 4.73. The average Bonchev–Trinajstić information content (AvgIpc) is 3.20. The molecular weight excluding hydrogens is 430 g/mol. The molecule has 1 unspecified atom stereocenters. The van der Waals surface area contributed by atoms with Crippen molar-refractivity contribution in [3.63, 3.8) is 0 Å². The molecule has 0 aliphatic carbocycles. The molecule has 1 amide bonds. The Morgan fingerprint density at radius 3 is 2.45 bits per heavy atom. The molecule has 0 spiro atoms. The molecule has 12 heteroatoms. The fourth-order valence-electron chi connectivity index (χ4n) is 2.64. The van der Waals surface area contributed by atoms with E-state index in [0.29, 0.717) is 10.8 Å². The molecule has 3 rings (SSSR count). The summed E-state index contributed by atoms with van der Waals surface area (Å²) in [5.74, 6) is -0.0303. The highest BCUT2D eigenvalue weighted by atomic mass is 35.5. The standard InChI is InChI=1S/C19H16ClN5O6/c1-11-5-16(3-4-18(11)20)31-17-7-13(6-14(8-17)24(27)28)22-19(26)12(2)23-10-15(9-21-23)25(29)30/h3-10,12H,1-2H3,(H,22,26). The number of rotatable bonds is 7. The van der Waals surface area contributed by atoms with Gasteiger partial charge in [-0.2, -0.15) is 5.10 Å². The SMILES string of the molecule is Cc1cc(Oc2cc(NC(=O)C(C)n3cc([N+](=O)[O-])cn3)cc([N+](=O)[O-])c2)ccc1Cl. The second-order valence-corrected chi connectivity index (χ2v) is 6.99. The highest BCUT2D eigenvalue weighted by Crippen LogP contribution is 2.31. The molecule has 1 aromatic heterocycles. The Kier molecular flexibility index (Phi) is 6.16. The van der Waals surface area contributed by atoms with Crippen LogP contribution < -0.4 is 10.1 Å². The van der Waals surface area contributed by atoms with Crippen LogP contribution in [0.4, 0.5) is 17.1 Å². The van der Waals surface area contributed by atoms with Crippen molar-refractivity contribution < 1.29 is 19.4 Å². The molecule has 31 heavy (non-hydrogen) atoms. The number of aromatic nitrogens is 2. The van der Waals surface area contributed by atoms with Gasteiger partial charge in [-0.05, 0) is 37.6 Å². The Hall–Kier alpha value is -3.99. The van der Waals surface area contributed by atoms with Gasteiger partial charge in [0.05, 0.1) is 21.6 Å². The van der Waals surface area contributed by atoms with Crippen molar-refractivity contribution >= 4 is 34.6 Å². The van der Waals surface area contributed by atoms with Gasteiger partial charge >= 0.3 is 5.69 Å². The minimum absolute atomic E-state index is 0.119. The number of benzene rings is 2. The third-order valence-electron chi connectivity index (χ3n) is 4.31. The Bertz CT molecular complexity index is 1180. The number of carbonyl (C=O) groups is 1. The number of anilines is 1. The summed E-state index contributed by atoms with van der Waals surface area (Å²) < 4.78 is 6.82. The fourth-order valence-corrected chi connectivity index (χ4v) is 2.76. The van der Waals surface area contributed by atoms with Crippen LogP contribution in [0.5, 0.6) is 11.5 Å². The lowest BCUT2D eigenvalue weighted by Crippen LogP contribution is -2.24. The van der Waals surface area contributed by atoms with Crippen LogP contribution in [-0.2, 0) is 4.79 Å². The van der Waals surface area contributed by atoms with Gasteiger partial charge in [0, 0.05) is 17.2 Å². The summed E-state index contributed by atoms with van der Waals surface area (Å²) in [7, 11) is 0. The summed E-state index contributed by atoms with van der Waals surface area (Å²) in [6.07, 6.45) is 2.15. The van der Waals surface area contributed by atoms with Gasteiger partial charge in [-0.3, -0.25) is 29.7 Å². The van der Waals surface area contributed by atoms with Crippen LogP contribution in [0.1, 0.15) is 18.5 Å².